The number of nitrogens with zero attached hydrogens (tertiary/aromatic N) is 1. The number of phenolic OH excluding ortho intramolecular Hbond substituents is 1. The molecule has 0 heterocycles. The molecule has 4 aromatic carbocycles. The van der Waals surface area contributed by atoms with Crippen LogP contribution >= 0.6 is 22.6 Å². The van der Waals surface area contributed by atoms with Gasteiger partial charge in [-0.15, -0.1) is 0 Å². The lowest BCUT2D eigenvalue weighted by atomic mass is 10.1. The number of methoxy groups -OCH3 is 1. The van der Waals surface area contributed by atoms with Crippen molar-refractivity contribution in [2.75, 3.05) is 7.11 Å². The van der Waals surface area contributed by atoms with E-state index >= 15 is 0 Å². The average Bonchev–Trinajstić information content (AvgIpc) is 2.82. The lowest BCUT2D eigenvalue weighted by Crippen LogP contribution is -2.17. The first-order valence-corrected chi connectivity index (χ1v) is 11.6. The van der Waals surface area contributed by atoms with E-state index in [0.717, 1.165) is 25.5 Å². The number of aryl methyl sites for hydroxylation is 1. The Morgan fingerprint density at radius 2 is 1.82 bits per heavy atom. The van der Waals surface area contributed by atoms with Crippen LogP contribution in [0.15, 0.2) is 77.9 Å². The molecule has 0 aromatic heterocycles. The monoisotopic (exact) mass is 566 g/mol. The average molecular weight is 566 g/mol. The summed E-state index contributed by atoms with van der Waals surface area (Å²) < 4.78 is 12.4. The molecule has 0 atom stereocenters. The fourth-order valence-electron chi connectivity index (χ4n) is 3.55. The van der Waals surface area contributed by atoms with Crippen molar-refractivity contribution in [2.24, 2.45) is 5.10 Å². The molecule has 0 aliphatic carbocycles. The second-order valence-electron chi connectivity index (χ2n) is 7.73. The highest BCUT2D eigenvalue weighted by atomic mass is 127. The minimum absolute atomic E-state index is 0.0993. The first kappa shape index (κ1) is 23.6. The first-order chi connectivity index (χ1) is 16.4. The Bertz CT molecular complexity index is 1380. The third kappa shape index (κ3) is 5.48. The summed E-state index contributed by atoms with van der Waals surface area (Å²) in [6, 6.07) is 22.5. The predicted molar refractivity (Wildman–Crippen MR) is 142 cm³/mol. The lowest BCUT2D eigenvalue weighted by Gasteiger charge is -2.14. The van der Waals surface area contributed by atoms with Gasteiger partial charge in [0, 0.05) is 0 Å². The maximum Gasteiger partial charge on any atom is 0.275 e. The zero-order valence-electron chi connectivity index (χ0n) is 18.7. The van der Waals surface area contributed by atoms with E-state index in [1.165, 1.54) is 11.8 Å². The van der Waals surface area contributed by atoms with Crippen molar-refractivity contribution in [3.8, 4) is 17.2 Å². The number of amides is 1. The SMILES string of the molecule is COc1cc(C=NNC(=O)c2cc3ccccc3cc2O)cc(I)c1OCc1cccc(C)c1. The van der Waals surface area contributed by atoms with E-state index < -0.39 is 5.91 Å². The Labute approximate surface area is 211 Å². The van der Waals surface area contributed by atoms with Crippen molar-refractivity contribution < 1.29 is 19.4 Å². The standard InChI is InChI=1S/C27H23IN2O4/c1-17-6-5-7-18(10-17)16-34-26-23(28)11-19(12-25(26)33-2)15-29-30-27(32)22-13-20-8-3-4-9-21(20)14-24(22)31/h3-15,31H,16H2,1-2H3,(H,30,32). The zero-order valence-corrected chi connectivity index (χ0v) is 20.9. The van der Waals surface area contributed by atoms with E-state index in [9.17, 15) is 9.90 Å². The van der Waals surface area contributed by atoms with Gasteiger partial charge in [-0.05, 0) is 75.7 Å². The highest BCUT2D eigenvalue weighted by Crippen LogP contribution is 2.34. The lowest BCUT2D eigenvalue weighted by molar-refractivity contribution is 0.0952. The molecule has 0 saturated carbocycles. The highest BCUT2D eigenvalue weighted by molar-refractivity contribution is 14.1. The van der Waals surface area contributed by atoms with Gasteiger partial charge >= 0.3 is 0 Å². The van der Waals surface area contributed by atoms with Gasteiger partial charge in [0.2, 0.25) is 0 Å². The van der Waals surface area contributed by atoms with Crippen LogP contribution in [0, 0.1) is 10.5 Å². The molecular weight excluding hydrogens is 543 g/mol. The van der Waals surface area contributed by atoms with Gasteiger partial charge in [-0.2, -0.15) is 5.10 Å². The highest BCUT2D eigenvalue weighted by Gasteiger charge is 2.13. The number of phenols is 1. The van der Waals surface area contributed by atoms with Gasteiger partial charge < -0.3 is 14.6 Å². The number of hydrogen-bond donors (Lipinski definition) is 2. The Morgan fingerprint density at radius 3 is 2.56 bits per heavy atom. The Kier molecular flexibility index (Phi) is 7.32. The van der Waals surface area contributed by atoms with Crippen molar-refractivity contribution in [3.63, 3.8) is 0 Å². The first-order valence-electron chi connectivity index (χ1n) is 10.6. The van der Waals surface area contributed by atoms with Crippen LogP contribution in [0.5, 0.6) is 17.2 Å². The molecule has 34 heavy (non-hydrogen) atoms. The Hall–Kier alpha value is -3.59. The third-order valence-corrected chi connectivity index (χ3v) is 6.01. The topological polar surface area (TPSA) is 80.2 Å². The molecule has 7 heteroatoms. The number of hydrazone groups is 1. The molecule has 0 aliphatic rings. The molecule has 0 aliphatic heterocycles. The number of benzene rings is 4. The van der Waals surface area contributed by atoms with Crippen LogP contribution in [0.1, 0.15) is 27.0 Å². The van der Waals surface area contributed by atoms with Crippen LogP contribution in [0.3, 0.4) is 0 Å². The van der Waals surface area contributed by atoms with E-state index in [0.29, 0.717) is 18.1 Å². The molecule has 0 fully saturated rings. The van der Waals surface area contributed by atoms with Crippen LogP contribution in [-0.4, -0.2) is 24.3 Å². The number of hydrogen-bond acceptors (Lipinski definition) is 5. The summed E-state index contributed by atoms with van der Waals surface area (Å²) in [7, 11) is 1.58. The van der Waals surface area contributed by atoms with Crippen molar-refractivity contribution >= 4 is 45.5 Å². The summed E-state index contributed by atoms with van der Waals surface area (Å²) >= 11 is 2.18. The number of carbonyl (C=O) groups is 1. The van der Waals surface area contributed by atoms with Gasteiger partial charge in [-0.1, -0.05) is 54.1 Å². The van der Waals surface area contributed by atoms with Gasteiger partial charge in [0.25, 0.3) is 5.91 Å². The van der Waals surface area contributed by atoms with Gasteiger partial charge in [0.05, 0.1) is 22.5 Å². The quantitative estimate of drug-likeness (QED) is 0.168. The molecule has 1 amide bonds. The molecule has 0 radical (unpaired) electrons. The van der Waals surface area contributed by atoms with E-state index in [2.05, 4.69) is 39.2 Å². The van der Waals surface area contributed by atoms with E-state index in [1.54, 1.807) is 25.3 Å². The zero-order chi connectivity index (χ0) is 24.1. The normalized spacial score (nSPS) is 11.0. The number of aromatic hydroxyl groups is 1. The van der Waals surface area contributed by atoms with Crippen LogP contribution in [-0.2, 0) is 6.61 Å². The van der Waals surface area contributed by atoms with Gasteiger partial charge in [0.15, 0.2) is 11.5 Å². The molecular formula is C27H23IN2O4. The number of fused-ring (bicyclic) bond motifs is 1. The Morgan fingerprint density at radius 1 is 1.06 bits per heavy atom. The van der Waals surface area contributed by atoms with E-state index in [1.807, 2.05) is 55.5 Å². The van der Waals surface area contributed by atoms with Gasteiger partial charge in [-0.25, -0.2) is 5.43 Å². The predicted octanol–water partition coefficient (Wildman–Crippen LogP) is 5.81. The minimum atomic E-state index is -0.501. The Balaban J connectivity index is 1.47. The summed E-state index contributed by atoms with van der Waals surface area (Å²) in [6.07, 6.45) is 1.52. The largest absolute Gasteiger partial charge is 0.507 e. The summed E-state index contributed by atoms with van der Waals surface area (Å²) in [5.41, 5.74) is 5.60. The van der Waals surface area contributed by atoms with Gasteiger partial charge in [0.1, 0.15) is 12.4 Å². The molecule has 0 bridgehead atoms. The van der Waals surface area contributed by atoms with Crippen molar-refractivity contribution in [3.05, 3.63) is 98.6 Å². The summed E-state index contributed by atoms with van der Waals surface area (Å²) in [6.45, 7) is 2.47. The smallest absolute Gasteiger partial charge is 0.275 e. The molecule has 0 spiro atoms. The van der Waals surface area contributed by atoms with Crippen molar-refractivity contribution in [2.45, 2.75) is 13.5 Å². The number of rotatable bonds is 7. The summed E-state index contributed by atoms with van der Waals surface area (Å²) in [5.74, 6) is 0.614. The van der Waals surface area contributed by atoms with Crippen molar-refractivity contribution in [1.82, 2.24) is 5.43 Å². The molecule has 6 nitrogen and oxygen atoms in total. The fraction of sp³-hybridized carbons (Fsp3) is 0.111. The molecule has 0 saturated heterocycles. The summed E-state index contributed by atoms with van der Waals surface area (Å²) in [5, 5.41) is 16.0. The number of halogens is 1. The van der Waals surface area contributed by atoms with E-state index in [4.69, 9.17) is 9.47 Å². The van der Waals surface area contributed by atoms with Crippen LogP contribution in [0.25, 0.3) is 10.8 Å². The van der Waals surface area contributed by atoms with E-state index in [-0.39, 0.29) is 11.3 Å². The summed E-state index contributed by atoms with van der Waals surface area (Å²) in [4.78, 5) is 12.6. The van der Waals surface area contributed by atoms with Crippen LogP contribution in [0.2, 0.25) is 0 Å². The molecule has 172 valence electrons. The second kappa shape index (κ2) is 10.6. The molecule has 0 unspecified atom stereocenters. The van der Waals surface area contributed by atoms with Gasteiger partial charge in [-0.3, -0.25) is 4.79 Å². The number of nitrogens with one attached hydrogen (secondary N) is 1. The molecule has 4 aromatic rings. The van der Waals surface area contributed by atoms with Crippen molar-refractivity contribution in [1.29, 1.82) is 0 Å². The van der Waals surface area contributed by atoms with Crippen LogP contribution in [0.4, 0.5) is 0 Å². The molecule has 2 N–H and O–H groups in total. The molecule has 4 rings (SSSR count). The fourth-order valence-corrected chi connectivity index (χ4v) is 4.33. The number of carbonyl (C=O) groups excluding carboxylic acids is 1. The minimum Gasteiger partial charge on any atom is -0.507 e. The second-order valence-corrected chi connectivity index (χ2v) is 8.89. The maximum atomic E-state index is 12.6. The third-order valence-electron chi connectivity index (χ3n) is 5.21. The number of ether oxygens (including phenoxy) is 2. The van der Waals surface area contributed by atoms with Crippen LogP contribution < -0.4 is 14.9 Å². The maximum absolute atomic E-state index is 12.6.